The van der Waals surface area contributed by atoms with Gasteiger partial charge < -0.3 is 53.6 Å². The summed E-state index contributed by atoms with van der Waals surface area (Å²) in [4.78, 5) is 93.5. The molecule has 1 aromatic rings. The summed E-state index contributed by atoms with van der Waals surface area (Å²) in [5.41, 5.74) is 16.4. The van der Waals surface area contributed by atoms with Gasteiger partial charge in [0.15, 0.2) is 5.96 Å². The Balaban J connectivity index is 2.22. The number of carbonyl (C=O) groups excluding carboxylic acids is 6. The van der Waals surface area contributed by atoms with Crippen LogP contribution in [0.15, 0.2) is 35.3 Å². The van der Waals surface area contributed by atoms with E-state index in [9.17, 15) is 38.7 Å². The molecule has 46 heavy (non-hydrogen) atoms. The van der Waals surface area contributed by atoms with Crippen LogP contribution in [0.2, 0.25) is 0 Å². The first-order valence-electron chi connectivity index (χ1n) is 14.5. The lowest BCUT2D eigenvalue weighted by atomic mass is 10.1. The van der Waals surface area contributed by atoms with Crippen molar-refractivity contribution in [2.45, 2.75) is 69.2 Å². The minimum absolute atomic E-state index is 0.0205. The Labute approximate surface area is 264 Å². The normalized spacial score (nSPS) is 16.6. The van der Waals surface area contributed by atoms with Crippen molar-refractivity contribution in [3.05, 3.63) is 35.9 Å². The maximum Gasteiger partial charge on any atom is 0.325 e. The molecule has 1 aliphatic heterocycles. The molecule has 18 heteroatoms. The second-order valence-electron chi connectivity index (χ2n) is 10.6. The summed E-state index contributed by atoms with van der Waals surface area (Å²) in [5.74, 6) is -6.56. The number of carboxylic acid groups (broad SMARTS) is 1. The zero-order chi connectivity index (χ0) is 34.4. The highest BCUT2D eigenvalue weighted by atomic mass is 16.4. The molecule has 0 aromatic heterocycles. The third-order valence-corrected chi connectivity index (χ3v) is 7.00. The van der Waals surface area contributed by atoms with Gasteiger partial charge in [-0.2, -0.15) is 0 Å². The fourth-order valence-corrected chi connectivity index (χ4v) is 4.59. The number of likely N-dealkylation sites (tertiary alicyclic amines) is 1. The van der Waals surface area contributed by atoms with Gasteiger partial charge in [-0.25, -0.2) is 0 Å². The lowest BCUT2D eigenvalue weighted by Gasteiger charge is -2.27. The van der Waals surface area contributed by atoms with Crippen molar-refractivity contribution in [3.63, 3.8) is 0 Å². The molecule has 0 saturated carbocycles. The van der Waals surface area contributed by atoms with E-state index in [0.717, 1.165) is 6.92 Å². The van der Waals surface area contributed by atoms with Crippen molar-refractivity contribution in [2.75, 3.05) is 19.7 Å². The Kier molecular flexibility index (Phi) is 14.4. The van der Waals surface area contributed by atoms with Gasteiger partial charge in [0.2, 0.25) is 29.5 Å². The zero-order valence-corrected chi connectivity index (χ0v) is 25.3. The molecule has 1 aromatic carbocycles. The van der Waals surface area contributed by atoms with Crippen LogP contribution in [0, 0.1) is 0 Å². The maximum atomic E-state index is 13.4. The molecule has 12 N–H and O–H groups in total. The van der Waals surface area contributed by atoms with E-state index in [-0.39, 0.29) is 31.3 Å². The van der Waals surface area contributed by atoms with Crippen LogP contribution in [0.4, 0.5) is 0 Å². The third-order valence-electron chi connectivity index (χ3n) is 7.00. The molecule has 252 valence electrons. The van der Waals surface area contributed by atoms with E-state index >= 15 is 0 Å². The average Bonchev–Trinajstić information content (AvgIpc) is 3.50. The Morgan fingerprint density at radius 1 is 0.913 bits per heavy atom. The smallest absolute Gasteiger partial charge is 0.325 e. The number of aliphatic hydroxyl groups is 1. The predicted octanol–water partition coefficient (Wildman–Crippen LogP) is -3.74. The van der Waals surface area contributed by atoms with Crippen LogP contribution in [0.25, 0.3) is 0 Å². The van der Waals surface area contributed by atoms with Gasteiger partial charge in [0.05, 0.1) is 13.0 Å². The molecule has 2 rings (SSSR count). The summed E-state index contributed by atoms with van der Waals surface area (Å²) in [6, 6.07) is 1.58. The number of aliphatic imine (C=N–C) groups is 1. The number of aliphatic carboxylic acids is 1. The SMILES string of the molecule is C[C@H](NC(=O)[C@H](CO)NC(=O)[C@H](CC(N)=O)NC(=O)[C@H](CCCN=C(N)N)NC(=O)[C@@H]1CCCN1C(=O)c1ccccc1)C(=O)O. The number of benzene rings is 1. The van der Waals surface area contributed by atoms with E-state index in [1.165, 1.54) is 4.90 Å². The number of nitrogens with one attached hydrogen (secondary N) is 4. The van der Waals surface area contributed by atoms with Crippen molar-refractivity contribution in [1.82, 2.24) is 26.2 Å². The summed E-state index contributed by atoms with van der Waals surface area (Å²) in [6.45, 7) is 0.636. The number of nitrogens with zero attached hydrogens (tertiary/aromatic N) is 2. The van der Waals surface area contributed by atoms with Gasteiger partial charge in [0.25, 0.3) is 5.91 Å². The number of carboxylic acids is 1. The zero-order valence-electron chi connectivity index (χ0n) is 25.3. The van der Waals surface area contributed by atoms with Crippen molar-refractivity contribution in [2.24, 2.45) is 22.2 Å². The molecule has 6 amide bonds. The van der Waals surface area contributed by atoms with Gasteiger partial charge in [-0.15, -0.1) is 0 Å². The molecular weight excluding hydrogens is 606 g/mol. The van der Waals surface area contributed by atoms with E-state index in [0.29, 0.717) is 24.9 Å². The summed E-state index contributed by atoms with van der Waals surface area (Å²) in [5, 5.41) is 27.8. The van der Waals surface area contributed by atoms with Crippen LogP contribution in [0.1, 0.15) is 49.4 Å². The highest BCUT2D eigenvalue weighted by Crippen LogP contribution is 2.21. The Morgan fingerprint density at radius 3 is 2.11 bits per heavy atom. The highest BCUT2D eigenvalue weighted by Gasteiger charge is 2.37. The van der Waals surface area contributed by atoms with Gasteiger partial charge in [-0.3, -0.25) is 38.6 Å². The second-order valence-corrected chi connectivity index (χ2v) is 10.6. The maximum absolute atomic E-state index is 13.4. The van der Waals surface area contributed by atoms with E-state index in [2.05, 4.69) is 26.3 Å². The monoisotopic (exact) mass is 647 g/mol. The van der Waals surface area contributed by atoms with Crippen molar-refractivity contribution in [1.29, 1.82) is 0 Å². The minimum atomic E-state index is -1.65. The number of hydrogen-bond acceptors (Lipinski definition) is 9. The number of amides is 6. The van der Waals surface area contributed by atoms with E-state index in [1.807, 2.05) is 0 Å². The standard InChI is InChI=1S/C28H41N9O9/c1-15(27(45)46)33-24(42)19(14-38)36-23(41)18(13-21(29)39)35-22(40)17(9-5-11-32-28(30)31)34-25(43)20-10-6-12-37(20)26(44)16-7-3-2-4-8-16/h2-4,7-8,15,17-20,38H,5-6,9-14H2,1H3,(H2,29,39)(H,33,42)(H,34,43)(H,35,40)(H,36,41)(H,45,46)(H4,30,31,32)/t15-,17-,18-,19-,20-/m0/s1. The molecule has 1 saturated heterocycles. The quantitative estimate of drug-likeness (QED) is 0.0449. The summed E-state index contributed by atoms with van der Waals surface area (Å²) in [7, 11) is 0. The Hall–Kier alpha value is -5.26. The predicted molar refractivity (Wildman–Crippen MR) is 162 cm³/mol. The largest absolute Gasteiger partial charge is 0.480 e. The number of carbonyl (C=O) groups is 7. The summed E-state index contributed by atoms with van der Waals surface area (Å²) >= 11 is 0. The molecule has 1 aliphatic rings. The van der Waals surface area contributed by atoms with Crippen LogP contribution in [0.3, 0.4) is 0 Å². The molecule has 0 unspecified atom stereocenters. The number of nitrogens with two attached hydrogens (primary N) is 3. The van der Waals surface area contributed by atoms with Crippen molar-refractivity contribution < 1.29 is 43.8 Å². The van der Waals surface area contributed by atoms with Crippen LogP contribution < -0.4 is 38.5 Å². The molecule has 1 heterocycles. The molecule has 18 nitrogen and oxygen atoms in total. The molecule has 1 fully saturated rings. The van der Waals surface area contributed by atoms with Gasteiger partial charge in [-0.05, 0) is 44.7 Å². The molecule has 0 spiro atoms. The van der Waals surface area contributed by atoms with Gasteiger partial charge in [-0.1, -0.05) is 18.2 Å². The van der Waals surface area contributed by atoms with E-state index in [1.54, 1.807) is 30.3 Å². The second kappa shape index (κ2) is 17.9. The Morgan fingerprint density at radius 2 is 1.52 bits per heavy atom. The third kappa shape index (κ3) is 11.3. The number of guanidine groups is 1. The Bertz CT molecular complexity index is 1300. The van der Waals surface area contributed by atoms with E-state index in [4.69, 9.17) is 22.3 Å². The first-order chi connectivity index (χ1) is 21.7. The first kappa shape index (κ1) is 36.9. The molecular formula is C28H41N9O9. The first-order valence-corrected chi connectivity index (χ1v) is 14.5. The van der Waals surface area contributed by atoms with Gasteiger partial charge >= 0.3 is 5.97 Å². The number of primary amides is 1. The van der Waals surface area contributed by atoms with E-state index < -0.39 is 78.7 Å². The summed E-state index contributed by atoms with van der Waals surface area (Å²) < 4.78 is 0. The van der Waals surface area contributed by atoms with Crippen LogP contribution >= 0.6 is 0 Å². The van der Waals surface area contributed by atoms with Crippen molar-refractivity contribution in [3.8, 4) is 0 Å². The van der Waals surface area contributed by atoms with Gasteiger partial charge in [0, 0.05) is 18.7 Å². The number of aliphatic hydroxyl groups excluding tert-OH is 1. The van der Waals surface area contributed by atoms with Crippen molar-refractivity contribution >= 4 is 47.4 Å². The molecule has 0 bridgehead atoms. The van der Waals surface area contributed by atoms with Crippen LogP contribution in [-0.2, 0) is 28.8 Å². The minimum Gasteiger partial charge on any atom is -0.480 e. The van der Waals surface area contributed by atoms with Crippen LogP contribution in [-0.4, -0.2) is 112 Å². The summed E-state index contributed by atoms with van der Waals surface area (Å²) in [6.07, 6.45) is 0.343. The lowest BCUT2D eigenvalue weighted by Crippen LogP contribution is -2.59. The van der Waals surface area contributed by atoms with Crippen LogP contribution in [0.5, 0.6) is 0 Å². The molecule has 0 radical (unpaired) electrons. The highest BCUT2D eigenvalue weighted by molar-refractivity contribution is 6.00. The van der Waals surface area contributed by atoms with Gasteiger partial charge in [0.1, 0.15) is 30.2 Å². The number of rotatable bonds is 17. The topological polar surface area (TPSA) is 302 Å². The fourth-order valence-electron chi connectivity index (χ4n) is 4.59. The lowest BCUT2D eigenvalue weighted by molar-refractivity contribution is -0.142. The number of hydrogen-bond donors (Lipinski definition) is 9. The molecule has 0 aliphatic carbocycles. The fraction of sp³-hybridized carbons (Fsp3) is 0.500. The average molecular weight is 648 g/mol. The molecule has 5 atom stereocenters.